The van der Waals surface area contributed by atoms with Crippen molar-refractivity contribution in [3.63, 3.8) is 0 Å². The van der Waals surface area contributed by atoms with Crippen LogP contribution in [0.3, 0.4) is 0 Å². The predicted molar refractivity (Wildman–Crippen MR) is 81.1 cm³/mol. The van der Waals surface area contributed by atoms with Gasteiger partial charge in [-0.2, -0.15) is 0 Å². The molecule has 0 bridgehead atoms. The van der Waals surface area contributed by atoms with E-state index in [2.05, 4.69) is 9.73 Å². The van der Waals surface area contributed by atoms with Gasteiger partial charge in [-0.25, -0.2) is 9.18 Å². The van der Waals surface area contributed by atoms with E-state index in [0.29, 0.717) is 5.69 Å². The Morgan fingerprint density at radius 3 is 2.57 bits per heavy atom. The molecule has 0 N–H and O–H groups in total. The maximum Gasteiger partial charge on any atom is 0.330 e. The van der Waals surface area contributed by atoms with Gasteiger partial charge >= 0.3 is 5.97 Å². The monoisotopic (exact) mass is 283 g/mol. The van der Waals surface area contributed by atoms with Crippen molar-refractivity contribution in [2.75, 3.05) is 7.11 Å². The van der Waals surface area contributed by atoms with E-state index < -0.39 is 5.97 Å². The first-order valence-corrected chi connectivity index (χ1v) is 6.34. The molecule has 0 saturated carbocycles. The van der Waals surface area contributed by atoms with Crippen LogP contribution >= 0.6 is 0 Å². The number of halogens is 1. The van der Waals surface area contributed by atoms with Gasteiger partial charge in [0.2, 0.25) is 0 Å². The van der Waals surface area contributed by atoms with Crippen LogP contribution in [0.15, 0.2) is 59.6 Å². The van der Waals surface area contributed by atoms with Crippen molar-refractivity contribution in [3.8, 4) is 0 Å². The molecule has 0 radical (unpaired) electrons. The summed E-state index contributed by atoms with van der Waals surface area (Å²) in [5.74, 6) is -0.708. The molecule has 21 heavy (non-hydrogen) atoms. The molecule has 0 aliphatic heterocycles. The molecule has 4 heteroatoms. The van der Waals surface area contributed by atoms with E-state index in [1.807, 2.05) is 24.3 Å². The lowest BCUT2D eigenvalue weighted by Crippen LogP contribution is -1.93. The second-order valence-electron chi connectivity index (χ2n) is 4.23. The van der Waals surface area contributed by atoms with Crippen molar-refractivity contribution < 1.29 is 13.9 Å². The maximum atomic E-state index is 12.8. The fourth-order valence-electron chi connectivity index (χ4n) is 1.66. The zero-order chi connectivity index (χ0) is 15.1. The molecule has 0 fully saturated rings. The summed E-state index contributed by atoms with van der Waals surface area (Å²) in [4.78, 5) is 15.5. The molecular formula is C17H14FNO2. The van der Waals surface area contributed by atoms with Gasteiger partial charge in [-0.15, -0.1) is 0 Å². The van der Waals surface area contributed by atoms with Crippen LogP contribution < -0.4 is 0 Å². The first kappa shape index (κ1) is 14.7. The lowest BCUT2D eigenvalue weighted by molar-refractivity contribution is -0.134. The van der Waals surface area contributed by atoms with Crippen LogP contribution in [0.25, 0.3) is 6.08 Å². The third-order valence-corrected chi connectivity index (χ3v) is 2.76. The number of methoxy groups -OCH3 is 1. The molecule has 2 aromatic rings. The summed E-state index contributed by atoms with van der Waals surface area (Å²) in [7, 11) is 1.32. The van der Waals surface area contributed by atoms with Gasteiger partial charge in [-0.1, -0.05) is 30.3 Å². The molecule has 0 amide bonds. The zero-order valence-electron chi connectivity index (χ0n) is 11.5. The minimum Gasteiger partial charge on any atom is -0.466 e. The highest BCUT2D eigenvalue weighted by Crippen LogP contribution is 2.20. The smallest absolute Gasteiger partial charge is 0.330 e. The topological polar surface area (TPSA) is 38.7 Å². The van der Waals surface area contributed by atoms with E-state index in [9.17, 15) is 9.18 Å². The van der Waals surface area contributed by atoms with Crippen molar-refractivity contribution in [1.82, 2.24) is 0 Å². The fraction of sp³-hybridized carbons (Fsp3) is 0.0588. The molecule has 0 spiro atoms. The number of aliphatic imine (C=N–C) groups is 1. The molecule has 0 aliphatic carbocycles. The van der Waals surface area contributed by atoms with Gasteiger partial charge in [-0.3, -0.25) is 4.99 Å². The second kappa shape index (κ2) is 7.14. The lowest BCUT2D eigenvalue weighted by Gasteiger charge is -2.00. The number of ether oxygens (including phenoxy) is 1. The van der Waals surface area contributed by atoms with Crippen LogP contribution in [0.1, 0.15) is 11.1 Å². The molecular weight excluding hydrogens is 269 g/mol. The minimum atomic E-state index is -0.424. The molecule has 2 rings (SSSR count). The van der Waals surface area contributed by atoms with Gasteiger partial charge in [0, 0.05) is 17.9 Å². The van der Waals surface area contributed by atoms with Crippen molar-refractivity contribution in [2.45, 2.75) is 0 Å². The van der Waals surface area contributed by atoms with Gasteiger partial charge in [0.25, 0.3) is 0 Å². The molecule has 0 aromatic heterocycles. The van der Waals surface area contributed by atoms with E-state index in [4.69, 9.17) is 0 Å². The molecule has 0 saturated heterocycles. The van der Waals surface area contributed by atoms with Crippen molar-refractivity contribution >= 4 is 23.9 Å². The largest absolute Gasteiger partial charge is 0.466 e. The number of hydrogen-bond donors (Lipinski definition) is 0. The number of hydrogen-bond acceptors (Lipinski definition) is 3. The number of nitrogens with zero attached hydrogens (tertiary/aromatic N) is 1. The number of para-hydroxylation sites is 1. The third-order valence-electron chi connectivity index (χ3n) is 2.76. The SMILES string of the molecule is COC(=O)/C=C/c1ccccc1/N=C/c1ccc(F)cc1. The predicted octanol–water partition coefficient (Wildman–Crippen LogP) is 3.76. The number of benzene rings is 2. The summed E-state index contributed by atoms with van der Waals surface area (Å²) in [5, 5.41) is 0. The van der Waals surface area contributed by atoms with E-state index in [-0.39, 0.29) is 5.82 Å². The molecule has 3 nitrogen and oxygen atoms in total. The Kier molecular flexibility index (Phi) is 4.99. The summed E-state index contributed by atoms with van der Waals surface area (Å²) in [5.41, 5.74) is 2.30. The molecule has 0 heterocycles. The van der Waals surface area contributed by atoms with Crippen LogP contribution in [-0.4, -0.2) is 19.3 Å². The lowest BCUT2D eigenvalue weighted by atomic mass is 10.1. The van der Waals surface area contributed by atoms with E-state index in [0.717, 1.165) is 11.1 Å². The summed E-state index contributed by atoms with van der Waals surface area (Å²) in [6, 6.07) is 13.4. The van der Waals surface area contributed by atoms with Crippen LogP contribution in [0.2, 0.25) is 0 Å². The Morgan fingerprint density at radius 2 is 1.86 bits per heavy atom. The van der Waals surface area contributed by atoms with Crippen LogP contribution in [0, 0.1) is 5.82 Å². The van der Waals surface area contributed by atoms with Gasteiger partial charge in [-0.05, 0) is 29.8 Å². The maximum absolute atomic E-state index is 12.8. The van der Waals surface area contributed by atoms with E-state index in [1.165, 1.54) is 25.3 Å². The average Bonchev–Trinajstić information content (AvgIpc) is 2.52. The summed E-state index contributed by atoms with van der Waals surface area (Å²) in [6.07, 6.45) is 4.62. The van der Waals surface area contributed by atoms with Crippen molar-refractivity contribution in [2.24, 2.45) is 4.99 Å². The Labute approximate surface area is 122 Å². The Balaban J connectivity index is 2.22. The summed E-state index contributed by atoms with van der Waals surface area (Å²) >= 11 is 0. The molecule has 0 atom stereocenters. The molecule has 0 unspecified atom stereocenters. The number of carbonyl (C=O) groups is 1. The van der Waals surface area contributed by atoms with Crippen molar-refractivity contribution in [1.29, 1.82) is 0 Å². The zero-order valence-corrected chi connectivity index (χ0v) is 11.5. The molecule has 106 valence electrons. The minimum absolute atomic E-state index is 0.284. The van der Waals surface area contributed by atoms with E-state index in [1.54, 1.807) is 24.4 Å². The number of carbonyl (C=O) groups excluding carboxylic acids is 1. The number of rotatable bonds is 4. The van der Waals surface area contributed by atoms with Gasteiger partial charge in [0.15, 0.2) is 0 Å². The highest BCUT2D eigenvalue weighted by atomic mass is 19.1. The summed E-state index contributed by atoms with van der Waals surface area (Å²) < 4.78 is 17.4. The van der Waals surface area contributed by atoms with Crippen LogP contribution in [-0.2, 0) is 9.53 Å². The molecule has 2 aromatic carbocycles. The Bertz CT molecular complexity index is 675. The van der Waals surface area contributed by atoms with Gasteiger partial charge in [0.05, 0.1) is 12.8 Å². The second-order valence-corrected chi connectivity index (χ2v) is 4.23. The first-order valence-electron chi connectivity index (χ1n) is 6.34. The van der Waals surface area contributed by atoms with Gasteiger partial charge in [0.1, 0.15) is 5.82 Å². The normalized spacial score (nSPS) is 11.1. The Morgan fingerprint density at radius 1 is 1.14 bits per heavy atom. The standard InChI is InChI=1S/C17H14FNO2/c1-21-17(20)11-8-14-4-2-3-5-16(14)19-12-13-6-9-15(18)10-7-13/h2-12H,1H3/b11-8+,19-12+. The fourth-order valence-corrected chi connectivity index (χ4v) is 1.66. The quantitative estimate of drug-likeness (QED) is 0.487. The van der Waals surface area contributed by atoms with Gasteiger partial charge < -0.3 is 4.74 Å². The third kappa shape index (κ3) is 4.38. The first-order chi connectivity index (χ1) is 10.2. The van der Waals surface area contributed by atoms with E-state index >= 15 is 0 Å². The average molecular weight is 283 g/mol. The number of esters is 1. The van der Waals surface area contributed by atoms with Crippen LogP contribution in [0.4, 0.5) is 10.1 Å². The molecule has 0 aliphatic rings. The Hall–Kier alpha value is -2.75. The highest BCUT2D eigenvalue weighted by Gasteiger charge is 1.98. The van der Waals surface area contributed by atoms with Crippen LogP contribution in [0.5, 0.6) is 0 Å². The highest BCUT2D eigenvalue weighted by molar-refractivity contribution is 5.89. The summed E-state index contributed by atoms with van der Waals surface area (Å²) in [6.45, 7) is 0. The van der Waals surface area contributed by atoms with Crippen molar-refractivity contribution in [3.05, 3.63) is 71.6 Å².